The lowest BCUT2D eigenvalue weighted by atomic mass is 9.95. The molecule has 3 rings (SSSR count). The molecule has 136 valence electrons. The second-order valence-corrected chi connectivity index (χ2v) is 7.07. The second kappa shape index (κ2) is 8.88. The molecule has 1 aromatic carbocycles. The monoisotopic (exact) mass is 342 g/mol. The van der Waals surface area contributed by atoms with Crippen LogP contribution >= 0.6 is 0 Å². The molecule has 0 bridgehead atoms. The summed E-state index contributed by atoms with van der Waals surface area (Å²) in [6.45, 7) is 2.47. The molecule has 5 heteroatoms. The number of carbonyl (C=O) groups excluding carboxylic acids is 1. The Bertz CT molecular complexity index is 607. The summed E-state index contributed by atoms with van der Waals surface area (Å²) in [7, 11) is 1.81. The Morgan fingerprint density at radius 1 is 1.20 bits per heavy atom. The zero-order valence-electron chi connectivity index (χ0n) is 15.3. The van der Waals surface area contributed by atoms with Crippen LogP contribution in [-0.4, -0.2) is 42.9 Å². The van der Waals surface area contributed by atoms with Crippen LogP contribution in [0.3, 0.4) is 0 Å². The molecular weight excluding hydrogens is 312 g/mol. The van der Waals surface area contributed by atoms with Gasteiger partial charge in [-0.2, -0.15) is 0 Å². The van der Waals surface area contributed by atoms with Gasteiger partial charge in [0.15, 0.2) is 5.96 Å². The fraction of sp³-hybridized carbons (Fsp3) is 0.600. The van der Waals surface area contributed by atoms with Crippen LogP contribution < -0.4 is 10.6 Å². The Hall–Kier alpha value is -2.04. The lowest BCUT2D eigenvalue weighted by Crippen LogP contribution is -2.45. The SMILES string of the molecule is CN=C(NCCC(=O)NC1CCCCC1)N1CCc2ccccc2C1. The zero-order chi connectivity index (χ0) is 17.5. The van der Waals surface area contributed by atoms with E-state index < -0.39 is 0 Å². The van der Waals surface area contributed by atoms with Gasteiger partial charge in [0.1, 0.15) is 0 Å². The van der Waals surface area contributed by atoms with E-state index in [0.717, 1.165) is 38.3 Å². The van der Waals surface area contributed by atoms with E-state index in [1.54, 1.807) is 0 Å². The van der Waals surface area contributed by atoms with Gasteiger partial charge in [0, 0.05) is 39.1 Å². The number of rotatable bonds is 4. The predicted octanol–water partition coefficient (Wildman–Crippen LogP) is 2.46. The number of nitrogens with one attached hydrogen (secondary N) is 2. The van der Waals surface area contributed by atoms with Gasteiger partial charge in [-0.05, 0) is 30.4 Å². The second-order valence-electron chi connectivity index (χ2n) is 7.07. The van der Waals surface area contributed by atoms with Crippen molar-refractivity contribution in [2.75, 3.05) is 20.1 Å². The van der Waals surface area contributed by atoms with Crippen LogP contribution in [0.1, 0.15) is 49.7 Å². The Balaban J connectivity index is 1.43. The predicted molar refractivity (Wildman–Crippen MR) is 102 cm³/mol. The average Bonchev–Trinajstić information content (AvgIpc) is 2.66. The zero-order valence-corrected chi connectivity index (χ0v) is 15.3. The van der Waals surface area contributed by atoms with Crippen molar-refractivity contribution >= 4 is 11.9 Å². The van der Waals surface area contributed by atoms with Gasteiger partial charge in [0.2, 0.25) is 5.91 Å². The summed E-state index contributed by atoms with van der Waals surface area (Å²) in [5, 5.41) is 6.52. The molecule has 0 saturated heterocycles. The number of hydrogen-bond donors (Lipinski definition) is 2. The van der Waals surface area contributed by atoms with E-state index >= 15 is 0 Å². The third-order valence-electron chi connectivity index (χ3n) is 5.25. The molecule has 0 atom stereocenters. The van der Waals surface area contributed by atoms with Crippen LogP contribution in [-0.2, 0) is 17.8 Å². The maximum absolute atomic E-state index is 12.1. The van der Waals surface area contributed by atoms with Gasteiger partial charge < -0.3 is 15.5 Å². The fourth-order valence-corrected chi connectivity index (χ4v) is 3.84. The quantitative estimate of drug-likeness (QED) is 0.653. The van der Waals surface area contributed by atoms with Crippen LogP contribution in [0.15, 0.2) is 29.3 Å². The van der Waals surface area contributed by atoms with Gasteiger partial charge in [-0.1, -0.05) is 43.5 Å². The van der Waals surface area contributed by atoms with Crippen LogP contribution in [0.2, 0.25) is 0 Å². The van der Waals surface area contributed by atoms with Gasteiger partial charge in [-0.3, -0.25) is 9.79 Å². The van der Waals surface area contributed by atoms with Crippen molar-refractivity contribution in [1.29, 1.82) is 0 Å². The van der Waals surface area contributed by atoms with Crippen LogP contribution in [0.5, 0.6) is 0 Å². The smallest absolute Gasteiger partial charge is 0.221 e. The summed E-state index contributed by atoms with van der Waals surface area (Å²) < 4.78 is 0. The Kier molecular flexibility index (Phi) is 6.31. The summed E-state index contributed by atoms with van der Waals surface area (Å²) in [4.78, 5) is 18.8. The highest BCUT2D eigenvalue weighted by Crippen LogP contribution is 2.19. The maximum atomic E-state index is 12.1. The molecule has 1 aliphatic carbocycles. The number of carbonyl (C=O) groups is 1. The van der Waals surface area contributed by atoms with Crippen LogP contribution in [0, 0.1) is 0 Å². The molecule has 0 spiro atoms. The summed E-state index contributed by atoms with van der Waals surface area (Å²) in [5.74, 6) is 1.04. The lowest BCUT2D eigenvalue weighted by Gasteiger charge is -2.31. The Morgan fingerprint density at radius 3 is 2.72 bits per heavy atom. The highest BCUT2D eigenvalue weighted by atomic mass is 16.1. The van der Waals surface area contributed by atoms with Gasteiger partial charge in [0.25, 0.3) is 0 Å². The van der Waals surface area contributed by atoms with E-state index in [2.05, 4.69) is 44.8 Å². The van der Waals surface area contributed by atoms with Crippen molar-refractivity contribution in [1.82, 2.24) is 15.5 Å². The van der Waals surface area contributed by atoms with Gasteiger partial charge in [-0.25, -0.2) is 0 Å². The van der Waals surface area contributed by atoms with E-state index in [1.165, 1.54) is 30.4 Å². The number of benzene rings is 1. The first-order valence-electron chi connectivity index (χ1n) is 9.58. The molecule has 1 aliphatic heterocycles. The normalized spacial score (nSPS) is 18.6. The van der Waals surface area contributed by atoms with E-state index in [-0.39, 0.29) is 5.91 Å². The van der Waals surface area contributed by atoms with Gasteiger partial charge in [-0.15, -0.1) is 0 Å². The summed E-state index contributed by atoms with van der Waals surface area (Å²) >= 11 is 0. The molecule has 0 aromatic heterocycles. The summed E-state index contributed by atoms with van der Waals surface area (Å²) in [6, 6.07) is 8.98. The average molecular weight is 342 g/mol. The highest BCUT2D eigenvalue weighted by molar-refractivity contribution is 5.81. The molecule has 25 heavy (non-hydrogen) atoms. The number of hydrogen-bond acceptors (Lipinski definition) is 2. The van der Waals surface area contributed by atoms with Crippen molar-refractivity contribution in [3.8, 4) is 0 Å². The molecule has 1 fully saturated rings. The van der Waals surface area contributed by atoms with E-state index in [1.807, 2.05) is 7.05 Å². The van der Waals surface area contributed by atoms with Gasteiger partial charge >= 0.3 is 0 Å². The summed E-state index contributed by atoms with van der Waals surface area (Å²) in [6.07, 6.45) is 7.60. The molecule has 1 aromatic rings. The number of aliphatic imine (C=N–C) groups is 1. The molecular formula is C20H30N4O. The lowest BCUT2D eigenvalue weighted by molar-refractivity contribution is -0.121. The molecule has 2 N–H and O–H groups in total. The minimum atomic E-state index is 0.152. The molecule has 1 amide bonds. The summed E-state index contributed by atoms with van der Waals surface area (Å²) in [5.41, 5.74) is 2.80. The standard InChI is InChI=1S/C20H30N4O/c1-21-20(24-14-12-16-7-5-6-8-17(16)15-24)22-13-11-19(25)23-18-9-3-2-4-10-18/h5-8,18H,2-4,9-15H2,1H3,(H,21,22)(H,23,25). The molecule has 1 saturated carbocycles. The molecule has 0 unspecified atom stereocenters. The fourth-order valence-electron chi connectivity index (χ4n) is 3.84. The van der Waals surface area contributed by atoms with Crippen molar-refractivity contribution < 1.29 is 4.79 Å². The minimum Gasteiger partial charge on any atom is -0.356 e. The molecule has 1 heterocycles. The number of guanidine groups is 1. The van der Waals surface area contributed by atoms with E-state index in [4.69, 9.17) is 0 Å². The number of nitrogens with zero attached hydrogens (tertiary/aromatic N) is 2. The first-order valence-corrected chi connectivity index (χ1v) is 9.58. The van der Waals surface area contributed by atoms with Crippen LogP contribution in [0.4, 0.5) is 0 Å². The topological polar surface area (TPSA) is 56.7 Å². The first-order chi connectivity index (χ1) is 12.3. The largest absolute Gasteiger partial charge is 0.356 e. The van der Waals surface area contributed by atoms with E-state index in [9.17, 15) is 4.79 Å². The van der Waals surface area contributed by atoms with Crippen molar-refractivity contribution in [2.45, 2.75) is 57.5 Å². The molecule has 5 nitrogen and oxygen atoms in total. The van der Waals surface area contributed by atoms with Gasteiger partial charge in [0.05, 0.1) is 0 Å². The third kappa shape index (κ3) is 4.97. The number of fused-ring (bicyclic) bond motifs is 1. The number of amides is 1. The van der Waals surface area contributed by atoms with Crippen molar-refractivity contribution in [2.24, 2.45) is 4.99 Å². The minimum absolute atomic E-state index is 0.152. The Morgan fingerprint density at radius 2 is 1.96 bits per heavy atom. The Labute approximate surface area is 150 Å². The van der Waals surface area contributed by atoms with Crippen LogP contribution in [0.25, 0.3) is 0 Å². The highest BCUT2D eigenvalue weighted by Gasteiger charge is 2.19. The van der Waals surface area contributed by atoms with E-state index in [0.29, 0.717) is 19.0 Å². The third-order valence-corrected chi connectivity index (χ3v) is 5.25. The first kappa shape index (κ1) is 17.8. The van der Waals surface area contributed by atoms with Crippen molar-refractivity contribution in [3.05, 3.63) is 35.4 Å². The maximum Gasteiger partial charge on any atom is 0.221 e. The molecule has 0 radical (unpaired) electrons. The van der Waals surface area contributed by atoms with Crippen molar-refractivity contribution in [3.63, 3.8) is 0 Å². The molecule has 2 aliphatic rings.